The molecule has 2 aromatic carbocycles. The lowest BCUT2D eigenvalue weighted by atomic mass is 10.2. The van der Waals surface area contributed by atoms with Crippen LogP contribution in [0.15, 0.2) is 54.6 Å². The second-order valence-corrected chi connectivity index (χ2v) is 3.72. The number of carbonyl (C=O) groups is 1. The van der Waals surface area contributed by atoms with E-state index in [1.165, 1.54) is 0 Å². The molecule has 2 N–H and O–H groups in total. The van der Waals surface area contributed by atoms with Gasteiger partial charge in [-0.2, -0.15) is 0 Å². The summed E-state index contributed by atoms with van der Waals surface area (Å²) in [5.74, 6) is 0.127. The highest BCUT2D eigenvalue weighted by Gasteiger charge is 2.03. The lowest BCUT2D eigenvalue weighted by molar-refractivity contribution is 0.0951. The molecule has 3 heteroatoms. The standard InChI is InChI=1S/C14H13NO2/c16-13-8-6-11(7-9-13)10-15-14(17)12-4-2-1-3-5-12/h1-9,16H,10H2,(H,15,17). The van der Waals surface area contributed by atoms with Crippen molar-refractivity contribution in [2.45, 2.75) is 6.54 Å². The van der Waals surface area contributed by atoms with Gasteiger partial charge in [-0.05, 0) is 29.8 Å². The Morgan fingerprint density at radius 1 is 1.00 bits per heavy atom. The minimum absolute atomic E-state index is 0.0984. The predicted molar refractivity (Wildman–Crippen MR) is 65.7 cm³/mol. The summed E-state index contributed by atoms with van der Waals surface area (Å²) in [5, 5.41) is 11.9. The van der Waals surface area contributed by atoms with Crippen LogP contribution in [0.3, 0.4) is 0 Å². The van der Waals surface area contributed by atoms with E-state index in [9.17, 15) is 4.79 Å². The average molecular weight is 227 g/mol. The number of phenolic OH excluding ortho intramolecular Hbond substituents is 1. The van der Waals surface area contributed by atoms with Crippen molar-refractivity contribution in [1.29, 1.82) is 0 Å². The van der Waals surface area contributed by atoms with Crippen LogP contribution in [-0.4, -0.2) is 11.0 Å². The molecule has 0 atom stereocenters. The van der Waals surface area contributed by atoms with Crippen LogP contribution in [0.25, 0.3) is 0 Å². The third-order valence-electron chi connectivity index (χ3n) is 2.43. The van der Waals surface area contributed by atoms with Crippen LogP contribution in [0.4, 0.5) is 0 Å². The molecule has 3 nitrogen and oxygen atoms in total. The van der Waals surface area contributed by atoms with Crippen molar-refractivity contribution >= 4 is 5.91 Å². The molecule has 0 bridgehead atoms. The van der Waals surface area contributed by atoms with Crippen molar-refractivity contribution in [2.24, 2.45) is 0 Å². The minimum Gasteiger partial charge on any atom is -0.508 e. The molecule has 86 valence electrons. The van der Waals surface area contributed by atoms with E-state index >= 15 is 0 Å². The first-order valence-corrected chi connectivity index (χ1v) is 5.37. The number of nitrogens with one attached hydrogen (secondary N) is 1. The van der Waals surface area contributed by atoms with E-state index in [1.807, 2.05) is 18.2 Å². The summed E-state index contributed by atoms with van der Waals surface area (Å²) in [6.45, 7) is 0.452. The summed E-state index contributed by atoms with van der Waals surface area (Å²) >= 11 is 0. The number of aromatic hydroxyl groups is 1. The van der Waals surface area contributed by atoms with Gasteiger partial charge in [0.15, 0.2) is 0 Å². The summed E-state index contributed by atoms with van der Waals surface area (Å²) in [4.78, 5) is 11.7. The highest BCUT2D eigenvalue weighted by molar-refractivity contribution is 5.94. The second-order valence-electron chi connectivity index (χ2n) is 3.72. The van der Waals surface area contributed by atoms with Crippen LogP contribution in [0.5, 0.6) is 5.75 Å². The summed E-state index contributed by atoms with van der Waals surface area (Å²) in [7, 11) is 0. The van der Waals surface area contributed by atoms with Crippen molar-refractivity contribution in [3.05, 3.63) is 65.7 Å². The van der Waals surface area contributed by atoms with Crippen molar-refractivity contribution in [3.63, 3.8) is 0 Å². The van der Waals surface area contributed by atoms with E-state index < -0.39 is 0 Å². The van der Waals surface area contributed by atoms with Crippen LogP contribution < -0.4 is 5.32 Å². The number of rotatable bonds is 3. The summed E-state index contributed by atoms with van der Waals surface area (Å²) in [6.07, 6.45) is 0. The summed E-state index contributed by atoms with van der Waals surface area (Å²) in [5.41, 5.74) is 1.60. The molecular weight excluding hydrogens is 214 g/mol. The maximum absolute atomic E-state index is 11.7. The Balaban J connectivity index is 1.95. The van der Waals surface area contributed by atoms with Gasteiger partial charge in [-0.15, -0.1) is 0 Å². The van der Waals surface area contributed by atoms with Gasteiger partial charge in [-0.3, -0.25) is 4.79 Å². The largest absolute Gasteiger partial charge is 0.508 e. The fourth-order valence-corrected chi connectivity index (χ4v) is 1.49. The Morgan fingerprint density at radius 3 is 2.29 bits per heavy atom. The van der Waals surface area contributed by atoms with Crippen LogP contribution in [0.2, 0.25) is 0 Å². The Morgan fingerprint density at radius 2 is 1.65 bits per heavy atom. The predicted octanol–water partition coefficient (Wildman–Crippen LogP) is 2.32. The zero-order valence-electron chi connectivity index (χ0n) is 9.26. The van der Waals surface area contributed by atoms with Gasteiger partial charge in [0.25, 0.3) is 5.91 Å². The molecule has 0 aliphatic carbocycles. The fourth-order valence-electron chi connectivity index (χ4n) is 1.49. The topological polar surface area (TPSA) is 49.3 Å². The molecule has 0 aromatic heterocycles. The first kappa shape index (κ1) is 11.2. The smallest absolute Gasteiger partial charge is 0.251 e. The quantitative estimate of drug-likeness (QED) is 0.845. The van der Waals surface area contributed by atoms with E-state index in [4.69, 9.17) is 5.11 Å². The van der Waals surface area contributed by atoms with Crippen molar-refractivity contribution < 1.29 is 9.90 Å². The van der Waals surface area contributed by atoms with Crippen LogP contribution in [-0.2, 0) is 6.54 Å². The maximum Gasteiger partial charge on any atom is 0.251 e. The highest BCUT2D eigenvalue weighted by atomic mass is 16.3. The number of amides is 1. The molecule has 0 radical (unpaired) electrons. The zero-order valence-corrected chi connectivity index (χ0v) is 9.26. The van der Waals surface area contributed by atoms with E-state index in [2.05, 4.69) is 5.32 Å². The fraction of sp³-hybridized carbons (Fsp3) is 0.0714. The normalized spacial score (nSPS) is 9.88. The van der Waals surface area contributed by atoms with Gasteiger partial charge in [0.1, 0.15) is 5.75 Å². The molecule has 0 saturated carbocycles. The van der Waals surface area contributed by atoms with E-state index in [-0.39, 0.29) is 11.7 Å². The average Bonchev–Trinajstić information content (AvgIpc) is 2.39. The van der Waals surface area contributed by atoms with Gasteiger partial charge in [0.2, 0.25) is 0 Å². The van der Waals surface area contributed by atoms with E-state index in [0.29, 0.717) is 12.1 Å². The SMILES string of the molecule is O=C(NCc1ccc(O)cc1)c1ccccc1. The molecule has 0 heterocycles. The first-order valence-electron chi connectivity index (χ1n) is 5.37. The number of benzene rings is 2. The van der Waals surface area contributed by atoms with Crippen molar-refractivity contribution in [1.82, 2.24) is 5.32 Å². The number of phenols is 1. The Labute approximate surface area is 99.7 Å². The van der Waals surface area contributed by atoms with Crippen LogP contribution in [0, 0.1) is 0 Å². The monoisotopic (exact) mass is 227 g/mol. The Bertz CT molecular complexity index is 491. The number of hydrogen-bond donors (Lipinski definition) is 2. The van der Waals surface area contributed by atoms with Gasteiger partial charge < -0.3 is 10.4 Å². The minimum atomic E-state index is -0.0984. The van der Waals surface area contributed by atoms with E-state index in [1.54, 1.807) is 36.4 Å². The molecule has 2 rings (SSSR count). The molecule has 0 unspecified atom stereocenters. The van der Waals surface area contributed by atoms with Gasteiger partial charge >= 0.3 is 0 Å². The van der Waals surface area contributed by atoms with Gasteiger partial charge in [-0.25, -0.2) is 0 Å². The third kappa shape index (κ3) is 3.08. The molecule has 0 aliphatic heterocycles. The lowest BCUT2D eigenvalue weighted by Crippen LogP contribution is -2.22. The Kier molecular flexibility index (Phi) is 3.40. The van der Waals surface area contributed by atoms with E-state index in [0.717, 1.165) is 5.56 Å². The van der Waals surface area contributed by atoms with Gasteiger partial charge in [0.05, 0.1) is 0 Å². The lowest BCUT2D eigenvalue weighted by Gasteiger charge is -2.05. The molecule has 0 fully saturated rings. The van der Waals surface area contributed by atoms with Gasteiger partial charge in [-0.1, -0.05) is 30.3 Å². The highest BCUT2D eigenvalue weighted by Crippen LogP contribution is 2.09. The van der Waals surface area contributed by atoms with Crippen LogP contribution >= 0.6 is 0 Å². The Hall–Kier alpha value is -2.29. The first-order chi connectivity index (χ1) is 8.25. The van der Waals surface area contributed by atoms with Crippen molar-refractivity contribution in [2.75, 3.05) is 0 Å². The zero-order chi connectivity index (χ0) is 12.1. The van der Waals surface area contributed by atoms with Gasteiger partial charge in [0, 0.05) is 12.1 Å². The van der Waals surface area contributed by atoms with Crippen LogP contribution in [0.1, 0.15) is 15.9 Å². The molecule has 0 saturated heterocycles. The maximum atomic E-state index is 11.7. The summed E-state index contributed by atoms with van der Waals surface area (Å²) < 4.78 is 0. The van der Waals surface area contributed by atoms with Crippen molar-refractivity contribution in [3.8, 4) is 5.75 Å². The third-order valence-corrected chi connectivity index (χ3v) is 2.43. The second kappa shape index (κ2) is 5.16. The molecule has 17 heavy (non-hydrogen) atoms. The molecule has 1 amide bonds. The molecule has 2 aromatic rings. The number of carbonyl (C=O) groups excluding carboxylic acids is 1. The molecule has 0 aliphatic rings. The molecular formula is C14H13NO2. The molecule has 0 spiro atoms. The summed E-state index contributed by atoms with van der Waals surface area (Å²) in [6, 6.07) is 15.8. The number of hydrogen-bond acceptors (Lipinski definition) is 2.